The van der Waals surface area contributed by atoms with Crippen LogP contribution in [0.3, 0.4) is 0 Å². The monoisotopic (exact) mass is 409 g/mol. The molecule has 7 heteroatoms. The highest BCUT2D eigenvalue weighted by Crippen LogP contribution is 2.28. The number of nitrogens with zero attached hydrogens (tertiary/aromatic N) is 1. The van der Waals surface area contributed by atoms with Crippen molar-refractivity contribution in [2.75, 3.05) is 4.31 Å². The van der Waals surface area contributed by atoms with Gasteiger partial charge in [0.25, 0.3) is 10.0 Å². The summed E-state index contributed by atoms with van der Waals surface area (Å²) in [6.07, 6.45) is 0. The molecule has 0 aliphatic rings. The van der Waals surface area contributed by atoms with E-state index in [0.717, 1.165) is 0 Å². The molecule has 3 aromatic rings. The van der Waals surface area contributed by atoms with E-state index in [4.69, 9.17) is 23.2 Å². The van der Waals surface area contributed by atoms with Crippen LogP contribution in [0.15, 0.2) is 77.7 Å². The molecule has 0 bridgehead atoms. The first kappa shape index (κ1) is 18.7. The van der Waals surface area contributed by atoms with Crippen molar-refractivity contribution >= 4 is 38.9 Å². The molecule has 3 rings (SSSR count). The van der Waals surface area contributed by atoms with Crippen molar-refractivity contribution in [3.05, 3.63) is 94.2 Å². The van der Waals surface area contributed by atoms with E-state index in [1.165, 1.54) is 46.8 Å². The number of hydrogen-bond acceptors (Lipinski definition) is 2. The summed E-state index contributed by atoms with van der Waals surface area (Å²) in [6, 6.07) is 18.2. The first-order valence-electron chi connectivity index (χ1n) is 7.64. The Balaban J connectivity index is 2.09. The Bertz CT molecular complexity index is 1020. The van der Waals surface area contributed by atoms with E-state index >= 15 is 0 Å². The first-order chi connectivity index (χ1) is 12.4. The fourth-order valence-electron chi connectivity index (χ4n) is 2.48. The van der Waals surface area contributed by atoms with Crippen molar-refractivity contribution in [1.82, 2.24) is 0 Å². The van der Waals surface area contributed by atoms with Crippen molar-refractivity contribution < 1.29 is 12.8 Å². The van der Waals surface area contributed by atoms with Gasteiger partial charge in [-0.05, 0) is 60.2 Å². The third-order valence-electron chi connectivity index (χ3n) is 3.71. The molecule has 26 heavy (non-hydrogen) atoms. The predicted molar refractivity (Wildman–Crippen MR) is 103 cm³/mol. The minimum atomic E-state index is -3.91. The third kappa shape index (κ3) is 4.18. The maximum atomic E-state index is 13.5. The van der Waals surface area contributed by atoms with E-state index in [0.29, 0.717) is 21.3 Å². The van der Waals surface area contributed by atoms with Gasteiger partial charge in [-0.25, -0.2) is 12.8 Å². The van der Waals surface area contributed by atoms with Crippen molar-refractivity contribution in [3.8, 4) is 0 Å². The second-order valence-electron chi connectivity index (χ2n) is 5.58. The summed E-state index contributed by atoms with van der Waals surface area (Å²) in [5, 5.41) is 0.835. The zero-order valence-corrected chi connectivity index (χ0v) is 15.8. The number of hydrogen-bond donors (Lipinski definition) is 0. The van der Waals surface area contributed by atoms with Crippen molar-refractivity contribution in [2.45, 2.75) is 11.4 Å². The maximum Gasteiger partial charge on any atom is 0.264 e. The van der Waals surface area contributed by atoms with Gasteiger partial charge in [-0.2, -0.15) is 0 Å². The molecule has 0 aliphatic carbocycles. The summed E-state index contributed by atoms with van der Waals surface area (Å²) >= 11 is 11.9. The molecule has 0 saturated heterocycles. The van der Waals surface area contributed by atoms with Crippen LogP contribution in [-0.2, 0) is 16.6 Å². The summed E-state index contributed by atoms with van der Waals surface area (Å²) in [5.74, 6) is -0.433. The summed E-state index contributed by atoms with van der Waals surface area (Å²) in [6.45, 7) is -0.0386. The lowest BCUT2D eigenvalue weighted by Crippen LogP contribution is -2.30. The Morgan fingerprint density at radius 1 is 0.846 bits per heavy atom. The van der Waals surface area contributed by atoms with Crippen LogP contribution in [0.5, 0.6) is 0 Å². The average molecular weight is 410 g/mol. The molecule has 134 valence electrons. The Labute approximate surface area is 161 Å². The van der Waals surface area contributed by atoms with Gasteiger partial charge in [0, 0.05) is 10.0 Å². The van der Waals surface area contributed by atoms with Gasteiger partial charge in [-0.3, -0.25) is 4.31 Å². The Hall–Kier alpha value is -2.08. The Morgan fingerprint density at radius 3 is 2.19 bits per heavy atom. The van der Waals surface area contributed by atoms with E-state index in [1.54, 1.807) is 30.3 Å². The standard InChI is InChI=1S/C19H14Cl2FNO2S/c20-15-7-9-19(10-8-15)26(24,25)23(18-6-2-4-16(21)12-18)13-14-3-1-5-17(22)11-14/h1-12H,13H2. The van der Waals surface area contributed by atoms with Gasteiger partial charge >= 0.3 is 0 Å². The van der Waals surface area contributed by atoms with Crippen LogP contribution in [0.1, 0.15) is 5.56 Å². The van der Waals surface area contributed by atoms with Gasteiger partial charge in [0.1, 0.15) is 5.82 Å². The molecule has 0 spiro atoms. The topological polar surface area (TPSA) is 37.4 Å². The molecule has 0 radical (unpaired) electrons. The van der Waals surface area contributed by atoms with Gasteiger partial charge in [0.15, 0.2) is 0 Å². The second kappa shape index (κ2) is 7.66. The molecule has 0 fully saturated rings. The van der Waals surface area contributed by atoms with Crippen molar-refractivity contribution in [1.29, 1.82) is 0 Å². The van der Waals surface area contributed by atoms with E-state index < -0.39 is 15.8 Å². The molecule has 3 nitrogen and oxygen atoms in total. The lowest BCUT2D eigenvalue weighted by molar-refractivity contribution is 0.589. The largest absolute Gasteiger partial charge is 0.264 e. The number of benzene rings is 3. The SMILES string of the molecule is O=S(=O)(c1ccc(Cl)cc1)N(Cc1cccc(F)c1)c1cccc(Cl)c1. The van der Waals surface area contributed by atoms with Gasteiger partial charge < -0.3 is 0 Å². The highest BCUT2D eigenvalue weighted by atomic mass is 35.5. The molecule has 0 amide bonds. The summed E-state index contributed by atoms with van der Waals surface area (Å²) in [5.41, 5.74) is 0.902. The van der Waals surface area contributed by atoms with E-state index in [2.05, 4.69) is 0 Å². The van der Waals surface area contributed by atoms with Crippen LogP contribution >= 0.6 is 23.2 Å². The lowest BCUT2D eigenvalue weighted by atomic mass is 10.2. The first-order valence-corrected chi connectivity index (χ1v) is 9.84. The van der Waals surface area contributed by atoms with Crippen LogP contribution < -0.4 is 4.31 Å². The van der Waals surface area contributed by atoms with Crippen LogP contribution in [-0.4, -0.2) is 8.42 Å². The highest BCUT2D eigenvalue weighted by Gasteiger charge is 2.25. The fraction of sp³-hybridized carbons (Fsp3) is 0.0526. The van der Waals surface area contributed by atoms with Crippen molar-refractivity contribution in [2.24, 2.45) is 0 Å². The molecule has 0 aromatic heterocycles. The number of halogens is 3. The minimum absolute atomic E-state index is 0.0386. The van der Waals surface area contributed by atoms with Crippen LogP contribution in [0.4, 0.5) is 10.1 Å². The van der Waals surface area contributed by atoms with Crippen LogP contribution in [0, 0.1) is 5.82 Å². The Morgan fingerprint density at radius 2 is 1.54 bits per heavy atom. The molecular formula is C19H14Cl2FNO2S. The zero-order chi connectivity index (χ0) is 18.7. The molecular weight excluding hydrogens is 396 g/mol. The predicted octanol–water partition coefficient (Wildman–Crippen LogP) is 5.53. The third-order valence-corrected chi connectivity index (χ3v) is 5.99. The Kier molecular flexibility index (Phi) is 5.51. The number of anilines is 1. The fourth-order valence-corrected chi connectivity index (χ4v) is 4.24. The highest BCUT2D eigenvalue weighted by molar-refractivity contribution is 7.92. The average Bonchev–Trinajstić information content (AvgIpc) is 2.60. The molecule has 0 atom stereocenters. The second-order valence-corrected chi connectivity index (χ2v) is 8.31. The maximum absolute atomic E-state index is 13.5. The molecule has 0 aliphatic heterocycles. The number of rotatable bonds is 5. The van der Waals surface area contributed by atoms with Gasteiger partial charge in [0.2, 0.25) is 0 Å². The molecule has 0 heterocycles. The summed E-state index contributed by atoms with van der Waals surface area (Å²) in [4.78, 5) is 0.0817. The van der Waals surface area contributed by atoms with Gasteiger partial charge in [0.05, 0.1) is 17.1 Å². The molecule has 3 aromatic carbocycles. The van der Waals surface area contributed by atoms with E-state index in [1.807, 2.05) is 0 Å². The molecule has 0 N–H and O–H groups in total. The smallest absolute Gasteiger partial charge is 0.262 e. The van der Waals surface area contributed by atoms with Gasteiger partial charge in [-0.1, -0.05) is 41.4 Å². The minimum Gasteiger partial charge on any atom is -0.262 e. The van der Waals surface area contributed by atoms with Crippen molar-refractivity contribution in [3.63, 3.8) is 0 Å². The van der Waals surface area contributed by atoms with E-state index in [-0.39, 0.29) is 11.4 Å². The molecule has 0 unspecified atom stereocenters. The zero-order valence-electron chi connectivity index (χ0n) is 13.4. The van der Waals surface area contributed by atoms with E-state index in [9.17, 15) is 12.8 Å². The summed E-state index contributed by atoms with van der Waals surface area (Å²) in [7, 11) is -3.91. The lowest BCUT2D eigenvalue weighted by Gasteiger charge is -2.25. The molecule has 0 saturated carbocycles. The number of sulfonamides is 1. The van der Waals surface area contributed by atoms with Crippen LogP contribution in [0.2, 0.25) is 10.0 Å². The normalized spacial score (nSPS) is 11.3. The van der Waals surface area contributed by atoms with Gasteiger partial charge in [-0.15, -0.1) is 0 Å². The quantitative estimate of drug-likeness (QED) is 0.555. The van der Waals surface area contributed by atoms with Crippen LogP contribution in [0.25, 0.3) is 0 Å². The summed E-state index contributed by atoms with van der Waals surface area (Å²) < 4.78 is 41.1.